The monoisotopic (exact) mass is 299 g/mol. The third-order valence-electron chi connectivity index (χ3n) is 2.64. The summed E-state index contributed by atoms with van der Waals surface area (Å²) in [6.07, 6.45) is 0.339. The molecule has 1 aromatic carbocycles. The third kappa shape index (κ3) is 6.06. The van der Waals surface area contributed by atoms with Crippen LogP contribution < -0.4 is 5.32 Å². The zero-order valence-corrected chi connectivity index (χ0v) is 12.3. The van der Waals surface area contributed by atoms with Crippen LogP contribution >= 0.6 is 11.8 Å². The Balaban J connectivity index is 2.43. The van der Waals surface area contributed by atoms with Gasteiger partial charge in [0.25, 0.3) is 0 Å². The van der Waals surface area contributed by atoms with Crippen molar-refractivity contribution in [1.82, 2.24) is 5.32 Å². The second-order valence-corrected chi connectivity index (χ2v) is 6.06. The van der Waals surface area contributed by atoms with Gasteiger partial charge in [-0.05, 0) is 32.4 Å². The predicted molar refractivity (Wildman–Crippen MR) is 76.2 cm³/mol. The van der Waals surface area contributed by atoms with Crippen LogP contribution in [-0.4, -0.2) is 28.3 Å². The van der Waals surface area contributed by atoms with Crippen LogP contribution in [-0.2, 0) is 9.59 Å². The van der Waals surface area contributed by atoms with Gasteiger partial charge < -0.3 is 10.4 Å². The number of benzene rings is 1. The Morgan fingerprint density at radius 2 is 2.00 bits per heavy atom. The van der Waals surface area contributed by atoms with Crippen molar-refractivity contribution >= 4 is 23.6 Å². The average molecular weight is 299 g/mol. The molecule has 0 aliphatic carbocycles. The van der Waals surface area contributed by atoms with Gasteiger partial charge in [0.05, 0.1) is 5.75 Å². The lowest BCUT2D eigenvalue weighted by atomic mass is 9.98. The smallest absolute Gasteiger partial charge is 0.303 e. The summed E-state index contributed by atoms with van der Waals surface area (Å²) in [6.45, 7) is 3.53. The van der Waals surface area contributed by atoms with Crippen LogP contribution in [0.1, 0.15) is 26.7 Å². The number of aliphatic carboxylic acids is 1. The molecule has 0 spiro atoms. The summed E-state index contributed by atoms with van der Waals surface area (Å²) in [4.78, 5) is 22.7. The zero-order chi connectivity index (χ0) is 15.2. The molecule has 0 unspecified atom stereocenters. The number of hydrogen-bond acceptors (Lipinski definition) is 3. The Bertz CT molecular complexity index is 491. The molecular weight excluding hydrogens is 281 g/mol. The SMILES string of the molecule is CC(C)(CCC(=O)O)NC(=O)CSc1ccccc1F. The first kappa shape index (κ1) is 16.5. The van der Waals surface area contributed by atoms with Gasteiger partial charge >= 0.3 is 5.97 Å². The average Bonchev–Trinajstić information content (AvgIpc) is 2.35. The van der Waals surface area contributed by atoms with E-state index in [1.165, 1.54) is 6.07 Å². The first-order valence-corrected chi connectivity index (χ1v) is 7.19. The summed E-state index contributed by atoms with van der Waals surface area (Å²) in [5.74, 6) is -1.39. The molecule has 2 N–H and O–H groups in total. The molecule has 0 saturated carbocycles. The maximum absolute atomic E-state index is 13.4. The van der Waals surface area contributed by atoms with Crippen LogP contribution in [0.25, 0.3) is 0 Å². The number of amides is 1. The third-order valence-corrected chi connectivity index (χ3v) is 3.69. The highest BCUT2D eigenvalue weighted by molar-refractivity contribution is 8.00. The molecule has 6 heteroatoms. The highest BCUT2D eigenvalue weighted by atomic mass is 32.2. The summed E-state index contributed by atoms with van der Waals surface area (Å²) in [5, 5.41) is 11.4. The van der Waals surface area contributed by atoms with E-state index in [0.717, 1.165) is 11.8 Å². The van der Waals surface area contributed by atoms with Crippen molar-refractivity contribution in [1.29, 1.82) is 0 Å². The standard InChI is InChI=1S/C14H18FNO3S/c1-14(2,8-7-13(18)19)16-12(17)9-20-11-6-4-3-5-10(11)15/h3-6H,7-9H2,1-2H3,(H,16,17)(H,18,19). The minimum atomic E-state index is -0.895. The predicted octanol–water partition coefficient (Wildman–Crippen LogP) is 2.68. The fraction of sp³-hybridized carbons (Fsp3) is 0.429. The molecule has 1 aromatic rings. The van der Waals surface area contributed by atoms with Crippen molar-refractivity contribution in [2.75, 3.05) is 5.75 Å². The van der Waals surface area contributed by atoms with Crippen molar-refractivity contribution < 1.29 is 19.1 Å². The molecule has 0 radical (unpaired) electrons. The van der Waals surface area contributed by atoms with E-state index in [0.29, 0.717) is 11.3 Å². The molecule has 0 atom stereocenters. The Kier molecular flexibility index (Phi) is 6.01. The number of carboxylic acids is 1. The lowest BCUT2D eigenvalue weighted by Gasteiger charge is -2.25. The molecule has 110 valence electrons. The highest BCUT2D eigenvalue weighted by Crippen LogP contribution is 2.21. The van der Waals surface area contributed by atoms with Gasteiger partial charge in [0.2, 0.25) is 5.91 Å². The number of carbonyl (C=O) groups excluding carboxylic acids is 1. The van der Waals surface area contributed by atoms with E-state index in [9.17, 15) is 14.0 Å². The quantitative estimate of drug-likeness (QED) is 0.760. The fourth-order valence-corrected chi connectivity index (χ4v) is 2.34. The van der Waals surface area contributed by atoms with Crippen LogP contribution in [0.15, 0.2) is 29.2 Å². The van der Waals surface area contributed by atoms with Crippen molar-refractivity contribution in [3.8, 4) is 0 Å². The molecule has 0 aliphatic heterocycles. The first-order chi connectivity index (χ1) is 9.30. The number of carbonyl (C=O) groups is 2. The molecule has 0 heterocycles. The number of halogens is 1. The minimum Gasteiger partial charge on any atom is -0.481 e. The lowest BCUT2D eigenvalue weighted by molar-refractivity contribution is -0.137. The van der Waals surface area contributed by atoms with Gasteiger partial charge in [-0.25, -0.2) is 4.39 Å². The molecular formula is C14H18FNO3S. The van der Waals surface area contributed by atoms with Crippen LogP contribution in [0, 0.1) is 5.82 Å². The lowest BCUT2D eigenvalue weighted by Crippen LogP contribution is -2.44. The molecule has 20 heavy (non-hydrogen) atoms. The molecule has 4 nitrogen and oxygen atoms in total. The summed E-state index contributed by atoms with van der Waals surface area (Å²) in [5.41, 5.74) is -0.592. The highest BCUT2D eigenvalue weighted by Gasteiger charge is 2.21. The van der Waals surface area contributed by atoms with Crippen LogP contribution in [0.4, 0.5) is 4.39 Å². The van der Waals surface area contributed by atoms with E-state index in [4.69, 9.17) is 5.11 Å². The summed E-state index contributed by atoms with van der Waals surface area (Å²) in [6, 6.07) is 6.26. The van der Waals surface area contributed by atoms with Gasteiger partial charge in [-0.3, -0.25) is 9.59 Å². The van der Waals surface area contributed by atoms with Crippen molar-refractivity contribution in [3.63, 3.8) is 0 Å². The number of thioether (sulfide) groups is 1. The fourth-order valence-electron chi connectivity index (χ4n) is 1.60. The summed E-state index contributed by atoms with van der Waals surface area (Å²) >= 11 is 1.12. The van der Waals surface area contributed by atoms with Gasteiger partial charge in [0.15, 0.2) is 0 Å². The van der Waals surface area contributed by atoms with E-state index in [1.807, 2.05) is 0 Å². The Morgan fingerprint density at radius 3 is 2.60 bits per heavy atom. The van der Waals surface area contributed by atoms with Gasteiger partial charge in [-0.1, -0.05) is 12.1 Å². The normalized spacial score (nSPS) is 11.2. The number of hydrogen-bond donors (Lipinski definition) is 2. The van der Waals surface area contributed by atoms with Crippen molar-refractivity contribution in [3.05, 3.63) is 30.1 Å². The Morgan fingerprint density at radius 1 is 1.35 bits per heavy atom. The summed E-state index contributed by atoms with van der Waals surface area (Å²) < 4.78 is 13.4. The maximum Gasteiger partial charge on any atom is 0.303 e. The maximum atomic E-state index is 13.4. The van der Waals surface area contributed by atoms with Crippen LogP contribution in [0.5, 0.6) is 0 Å². The molecule has 1 amide bonds. The largest absolute Gasteiger partial charge is 0.481 e. The molecule has 1 rings (SSSR count). The van der Waals surface area contributed by atoms with Crippen LogP contribution in [0.3, 0.4) is 0 Å². The zero-order valence-electron chi connectivity index (χ0n) is 11.5. The number of rotatable bonds is 7. The minimum absolute atomic E-state index is 0.00621. The van der Waals surface area contributed by atoms with E-state index < -0.39 is 11.5 Å². The number of nitrogens with one attached hydrogen (secondary N) is 1. The van der Waals surface area contributed by atoms with E-state index in [-0.39, 0.29) is 23.9 Å². The van der Waals surface area contributed by atoms with Gasteiger partial charge in [0.1, 0.15) is 5.82 Å². The second kappa shape index (κ2) is 7.28. The molecule has 0 aromatic heterocycles. The molecule has 0 aliphatic rings. The van der Waals surface area contributed by atoms with Crippen molar-refractivity contribution in [2.24, 2.45) is 0 Å². The van der Waals surface area contributed by atoms with Crippen LogP contribution in [0.2, 0.25) is 0 Å². The summed E-state index contributed by atoms with van der Waals surface area (Å²) in [7, 11) is 0. The van der Waals surface area contributed by atoms with Gasteiger partial charge in [-0.15, -0.1) is 11.8 Å². The number of carboxylic acid groups (broad SMARTS) is 1. The topological polar surface area (TPSA) is 66.4 Å². The van der Waals surface area contributed by atoms with E-state index >= 15 is 0 Å². The van der Waals surface area contributed by atoms with E-state index in [2.05, 4.69) is 5.32 Å². The second-order valence-electron chi connectivity index (χ2n) is 5.04. The Hall–Kier alpha value is -1.56. The molecule has 0 fully saturated rings. The van der Waals surface area contributed by atoms with Gasteiger partial charge in [-0.2, -0.15) is 0 Å². The Labute approximate surface area is 121 Å². The van der Waals surface area contributed by atoms with E-state index in [1.54, 1.807) is 32.0 Å². The van der Waals surface area contributed by atoms with Crippen molar-refractivity contribution in [2.45, 2.75) is 37.1 Å². The van der Waals surface area contributed by atoms with Gasteiger partial charge in [0, 0.05) is 16.9 Å². The first-order valence-electron chi connectivity index (χ1n) is 6.20. The molecule has 0 saturated heterocycles. The molecule has 0 bridgehead atoms.